The van der Waals surface area contributed by atoms with Crippen molar-refractivity contribution in [3.63, 3.8) is 0 Å². The van der Waals surface area contributed by atoms with E-state index < -0.39 is 0 Å². The van der Waals surface area contributed by atoms with Crippen molar-refractivity contribution in [3.05, 3.63) is 0 Å². The maximum atomic E-state index is 5.48. The summed E-state index contributed by atoms with van der Waals surface area (Å²) in [4.78, 5) is 0. The van der Waals surface area contributed by atoms with Gasteiger partial charge in [0.15, 0.2) is 0 Å². The average Bonchev–Trinajstić information content (AvgIpc) is 2.22. The van der Waals surface area contributed by atoms with Gasteiger partial charge in [-0.1, -0.05) is 0 Å². The first-order valence-electron chi connectivity index (χ1n) is 3.37. The lowest BCUT2D eigenvalue weighted by molar-refractivity contribution is 0.608. The van der Waals surface area contributed by atoms with Gasteiger partial charge in [-0.05, 0) is 31.3 Å². The largest absolute Gasteiger partial charge is 0.330 e. The zero-order valence-corrected chi connectivity index (χ0v) is 4.93. The Labute approximate surface area is 49.4 Å². The molecule has 3 atom stereocenters. The van der Waals surface area contributed by atoms with Gasteiger partial charge in [-0.3, -0.25) is 0 Å². The number of nitrogens with one attached hydrogen (secondary N) is 1. The molecule has 2 fully saturated rings. The summed E-state index contributed by atoms with van der Waals surface area (Å²) in [6.45, 7) is 2.12. The van der Waals surface area contributed by atoms with Crippen LogP contribution in [0.2, 0.25) is 0 Å². The zero-order valence-electron chi connectivity index (χ0n) is 4.93. The fourth-order valence-electron chi connectivity index (χ4n) is 1.88. The molecular weight excluding hydrogens is 100 g/mol. The normalized spacial score (nSPS) is 51.4. The first-order chi connectivity index (χ1) is 3.93. The van der Waals surface area contributed by atoms with Gasteiger partial charge in [0.1, 0.15) is 0 Å². The Kier molecular flexibility index (Phi) is 0.866. The van der Waals surface area contributed by atoms with Gasteiger partial charge >= 0.3 is 0 Å². The van der Waals surface area contributed by atoms with Crippen LogP contribution in [-0.4, -0.2) is 19.1 Å². The van der Waals surface area contributed by atoms with Crippen molar-refractivity contribution in [2.24, 2.45) is 17.6 Å². The number of hydrogen-bond donors (Lipinski definition) is 2. The van der Waals surface area contributed by atoms with Crippen molar-refractivity contribution in [1.29, 1.82) is 0 Å². The molecule has 0 aromatic carbocycles. The number of nitrogens with two attached hydrogens (primary N) is 1. The summed E-state index contributed by atoms with van der Waals surface area (Å²) in [5.74, 6) is 1.80. The van der Waals surface area contributed by atoms with Crippen molar-refractivity contribution in [2.75, 3.05) is 13.1 Å². The number of rotatable bonds is 1. The van der Waals surface area contributed by atoms with Gasteiger partial charge in [0.25, 0.3) is 0 Å². The molecule has 0 spiro atoms. The van der Waals surface area contributed by atoms with E-state index in [0.29, 0.717) is 0 Å². The topological polar surface area (TPSA) is 38.0 Å². The summed E-state index contributed by atoms with van der Waals surface area (Å²) in [5, 5.41) is 3.41. The number of piperidine rings is 1. The minimum absolute atomic E-state index is 0.819. The van der Waals surface area contributed by atoms with E-state index >= 15 is 0 Å². The highest BCUT2D eigenvalue weighted by molar-refractivity contribution is 5.07. The lowest BCUT2D eigenvalue weighted by atomic mass is 10.2. The Bertz CT molecular complexity index is 85.9. The molecule has 1 saturated carbocycles. The number of fused-ring (bicyclic) bond motifs is 1. The Morgan fingerprint density at radius 3 is 2.88 bits per heavy atom. The van der Waals surface area contributed by atoms with Gasteiger partial charge < -0.3 is 11.1 Å². The van der Waals surface area contributed by atoms with E-state index in [1.54, 1.807) is 0 Å². The molecule has 0 radical (unpaired) electrons. The van der Waals surface area contributed by atoms with Crippen LogP contribution in [0.5, 0.6) is 0 Å². The molecule has 2 heteroatoms. The molecule has 0 aromatic heterocycles. The first-order valence-corrected chi connectivity index (χ1v) is 3.37. The standard InChI is InChI=1S/C6H12N2/c7-3-5-4-1-2-8-6(4)5/h4-6,8H,1-3,7H2. The second kappa shape index (κ2) is 1.45. The molecule has 1 heterocycles. The minimum atomic E-state index is 0.819. The van der Waals surface area contributed by atoms with Crippen LogP contribution in [0.3, 0.4) is 0 Å². The van der Waals surface area contributed by atoms with Crippen LogP contribution in [-0.2, 0) is 0 Å². The third-order valence-electron chi connectivity index (χ3n) is 2.46. The Balaban J connectivity index is 1.94. The molecule has 1 aliphatic heterocycles. The first kappa shape index (κ1) is 4.77. The van der Waals surface area contributed by atoms with Crippen LogP contribution >= 0.6 is 0 Å². The highest BCUT2D eigenvalue weighted by Crippen LogP contribution is 2.44. The Morgan fingerprint density at radius 2 is 2.50 bits per heavy atom. The van der Waals surface area contributed by atoms with E-state index in [-0.39, 0.29) is 0 Å². The molecule has 8 heavy (non-hydrogen) atoms. The van der Waals surface area contributed by atoms with Gasteiger partial charge in [0.2, 0.25) is 0 Å². The maximum absolute atomic E-state index is 5.48. The van der Waals surface area contributed by atoms with Crippen molar-refractivity contribution in [3.8, 4) is 0 Å². The van der Waals surface area contributed by atoms with E-state index in [2.05, 4.69) is 5.32 Å². The van der Waals surface area contributed by atoms with Gasteiger partial charge in [-0.2, -0.15) is 0 Å². The Morgan fingerprint density at radius 1 is 1.62 bits per heavy atom. The van der Waals surface area contributed by atoms with Crippen LogP contribution in [0.1, 0.15) is 6.42 Å². The van der Waals surface area contributed by atoms with Gasteiger partial charge in [0, 0.05) is 6.04 Å². The molecule has 46 valence electrons. The lowest BCUT2D eigenvalue weighted by Crippen LogP contribution is -2.19. The predicted octanol–water partition coefficient (Wildman–Crippen LogP) is -0.447. The molecule has 0 aromatic rings. The second-order valence-electron chi connectivity index (χ2n) is 2.83. The van der Waals surface area contributed by atoms with Crippen LogP contribution < -0.4 is 11.1 Å². The molecule has 0 bridgehead atoms. The second-order valence-corrected chi connectivity index (χ2v) is 2.83. The fraction of sp³-hybridized carbons (Fsp3) is 1.00. The van der Waals surface area contributed by atoms with Crippen LogP contribution in [0.25, 0.3) is 0 Å². The summed E-state index contributed by atoms with van der Waals surface area (Å²) < 4.78 is 0. The fourth-order valence-corrected chi connectivity index (χ4v) is 1.88. The highest BCUT2D eigenvalue weighted by Gasteiger charge is 2.51. The third kappa shape index (κ3) is 0.446. The Hall–Kier alpha value is -0.0800. The lowest BCUT2D eigenvalue weighted by Gasteiger charge is -1.97. The predicted molar refractivity (Wildman–Crippen MR) is 32.4 cm³/mol. The van der Waals surface area contributed by atoms with E-state index in [9.17, 15) is 0 Å². The minimum Gasteiger partial charge on any atom is -0.330 e. The molecule has 3 unspecified atom stereocenters. The van der Waals surface area contributed by atoms with Crippen LogP contribution in [0.4, 0.5) is 0 Å². The van der Waals surface area contributed by atoms with Crippen LogP contribution in [0.15, 0.2) is 0 Å². The van der Waals surface area contributed by atoms with Crippen molar-refractivity contribution in [2.45, 2.75) is 12.5 Å². The third-order valence-corrected chi connectivity index (χ3v) is 2.46. The van der Waals surface area contributed by atoms with Gasteiger partial charge in [-0.25, -0.2) is 0 Å². The van der Waals surface area contributed by atoms with E-state index in [1.165, 1.54) is 13.0 Å². The van der Waals surface area contributed by atoms with Gasteiger partial charge in [-0.15, -0.1) is 0 Å². The number of hydrogen-bond acceptors (Lipinski definition) is 2. The molecule has 2 nitrogen and oxygen atoms in total. The molecule has 1 aliphatic carbocycles. The van der Waals surface area contributed by atoms with E-state index in [1.807, 2.05) is 0 Å². The summed E-state index contributed by atoms with van der Waals surface area (Å²) in [5.41, 5.74) is 5.48. The quantitative estimate of drug-likeness (QED) is 0.482. The van der Waals surface area contributed by atoms with Gasteiger partial charge in [0.05, 0.1) is 0 Å². The summed E-state index contributed by atoms with van der Waals surface area (Å²) in [6.07, 6.45) is 1.37. The zero-order chi connectivity index (χ0) is 5.56. The molecule has 3 N–H and O–H groups in total. The SMILES string of the molecule is NCC1C2CCNC12. The van der Waals surface area contributed by atoms with Crippen molar-refractivity contribution >= 4 is 0 Å². The summed E-state index contributed by atoms with van der Waals surface area (Å²) in [6, 6.07) is 0.819. The molecule has 1 saturated heterocycles. The van der Waals surface area contributed by atoms with Crippen molar-refractivity contribution < 1.29 is 0 Å². The van der Waals surface area contributed by atoms with Crippen LogP contribution in [0, 0.1) is 11.8 Å². The van der Waals surface area contributed by atoms with E-state index in [4.69, 9.17) is 5.73 Å². The molecule has 2 aliphatic rings. The molecule has 2 rings (SSSR count). The monoisotopic (exact) mass is 112 g/mol. The average molecular weight is 112 g/mol. The summed E-state index contributed by atoms with van der Waals surface area (Å²) >= 11 is 0. The molecule has 0 amide bonds. The van der Waals surface area contributed by atoms with E-state index in [0.717, 1.165) is 24.4 Å². The maximum Gasteiger partial charge on any atom is 0.0143 e. The smallest absolute Gasteiger partial charge is 0.0143 e. The highest BCUT2D eigenvalue weighted by atomic mass is 15.0. The van der Waals surface area contributed by atoms with Crippen molar-refractivity contribution in [1.82, 2.24) is 5.32 Å². The summed E-state index contributed by atoms with van der Waals surface area (Å²) in [7, 11) is 0. The molecular formula is C6H12N2.